The minimum Gasteiger partial charge on any atom is -0.258 e. The van der Waals surface area contributed by atoms with Gasteiger partial charge in [-0.15, -0.1) is 0 Å². The van der Waals surface area contributed by atoms with E-state index in [4.69, 9.17) is 12.2 Å². The van der Waals surface area contributed by atoms with Crippen LogP contribution in [0.2, 0.25) is 0 Å². The van der Waals surface area contributed by atoms with E-state index < -0.39 is 10.7 Å². The molecule has 7 nitrogen and oxygen atoms in total. The van der Waals surface area contributed by atoms with Crippen LogP contribution in [-0.2, 0) is 6.42 Å². The highest BCUT2D eigenvalue weighted by Crippen LogP contribution is 2.21. The van der Waals surface area contributed by atoms with E-state index in [1.54, 1.807) is 24.3 Å². The summed E-state index contributed by atoms with van der Waals surface area (Å²) in [7, 11) is 0. The van der Waals surface area contributed by atoms with Crippen molar-refractivity contribution in [3.63, 3.8) is 0 Å². The van der Waals surface area contributed by atoms with Crippen molar-refractivity contribution in [3.8, 4) is 11.4 Å². The van der Waals surface area contributed by atoms with E-state index in [2.05, 4.69) is 15.3 Å². The maximum absolute atomic E-state index is 13.5. The Balaban J connectivity index is 2.00. The second-order valence-corrected chi connectivity index (χ2v) is 5.80. The number of aromatic amines is 1. The SMILES string of the molecule is CCc1ccc(/C=N\n2c(-c3cccc(F)c3)n[nH]c2=S)cc1[N+](=O)[O-]. The minimum atomic E-state index is -0.419. The fourth-order valence-corrected chi connectivity index (χ4v) is 2.65. The van der Waals surface area contributed by atoms with E-state index in [0.29, 0.717) is 28.9 Å². The van der Waals surface area contributed by atoms with Crippen molar-refractivity contribution >= 4 is 24.1 Å². The van der Waals surface area contributed by atoms with Crippen molar-refractivity contribution in [2.45, 2.75) is 13.3 Å². The van der Waals surface area contributed by atoms with Gasteiger partial charge in [-0.05, 0) is 30.8 Å². The number of nitro benzene ring substituents is 1. The molecule has 0 saturated carbocycles. The first-order valence-corrected chi connectivity index (χ1v) is 8.15. The Kier molecular flexibility index (Phi) is 4.99. The molecule has 3 aromatic rings. The average molecular weight is 371 g/mol. The zero-order valence-electron chi connectivity index (χ0n) is 13.7. The molecule has 1 aromatic heterocycles. The minimum absolute atomic E-state index is 0.0394. The Morgan fingerprint density at radius 2 is 2.19 bits per heavy atom. The molecule has 0 unspecified atom stereocenters. The monoisotopic (exact) mass is 371 g/mol. The smallest absolute Gasteiger partial charge is 0.258 e. The van der Waals surface area contributed by atoms with E-state index >= 15 is 0 Å². The van der Waals surface area contributed by atoms with Crippen LogP contribution in [0, 0.1) is 20.7 Å². The number of nitrogens with one attached hydrogen (secondary N) is 1. The molecule has 1 N–H and O–H groups in total. The van der Waals surface area contributed by atoms with Crippen LogP contribution in [0.3, 0.4) is 0 Å². The first-order valence-electron chi connectivity index (χ1n) is 7.74. The molecule has 0 radical (unpaired) electrons. The lowest BCUT2D eigenvalue weighted by Crippen LogP contribution is -1.98. The predicted octanol–water partition coefficient (Wildman–Crippen LogP) is 4.10. The van der Waals surface area contributed by atoms with E-state index in [0.717, 1.165) is 0 Å². The first-order chi connectivity index (χ1) is 12.5. The van der Waals surface area contributed by atoms with Gasteiger partial charge in [-0.3, -0.25) is 10.1 Å². The van der Waals surface area contributed by atoms with Gasteiger partial charge in [0.1, 0.15) is 5.82 Å². The molecule has 0 spiro atoms. The molecule has 0 atom stereocenters. The Morgan fingerprint density at radius 1 is 1.38 bits per heavy atom. The Hall–Kier alpha value is -3.20. The quantitative estimate of drug-likeness (QED) is 0.316. The van der Waals surface area contributed by atoms with Crippen molar-refractivity contribution in [3.05, 3.63) is 74.3 Å². The van der Waals surface area contributed by atoms with Crippen molar-refractivity contribution < 1.29 is 9.31 Å². The number of hydrogen-bond donors (Lipinski definition) is 1. The summed E-state index contributed by atoms with van der Waals surface area (Å²) in [6.45, 7) is 1.85. The van der Waals surface area contributed by atoms with Gasteiger partial charge in [0, 0.05) is 22.8 Å². The predicted molar refractivity (Wildman–Crippen MR) is 98.3 cm³/mol. The Morgan fingerprint density at radius 3 is 2.88 bits per heavy atom. The summed E-state index contributed by atoms with van der Waals surface area (Å²) in [5.74, 6) is -0.0665. The molecule has 9 heteroatoms. The molecular formula is C17H14FN5O2S. The number of H-pyrrole nitrogens is 1. The van der Waals surface area contributed by atoms with Crippen molar-refractivity contribution in [2.75, 3.05) is 0 Å². The van der Waals surface area contributed by atoms with Crippen LogP contribution in [0.4, 0.5) is 10.1 Å². The number of nitro groups is 1. The lowest BCUT2D eigenvalue weighted by atomic mass is 10.1. The molecule has 0 aliphatic heterocycles. The molecule has 0 amide bonds. The van der Waals surface area contributed by atoms with E-state index in [1.807, 2.05) is 6.92 Å². The van der Waals surface area contributed by atoms with Crippen LogP contribution >= 0.6 is 12.2 Å². The van der Waals surface area contributed by atoms with E-state index in [9.17, 15) is 14.5 Å². The van der Waals surface area contributed by atoms with Gasteiger partial charge in [0.25, 0.3) is 5.69 Å². The third kappa shape index (κ3) is 3.57. The molecule has 0 aliphatic carbocycles. The summed E-state index contributed by atoms with van der Waals surface area (Å²) < 4.78 is 15.0. The number of halogens is 1. The topological polar surface area (TPSA) is 89.1 Å². The average Bonchev–Trinajstić information content (AvgIpc) is 3.00. The summed E-state index contributed by atoms with van der Waals surface area (Å²) in [5.41, 5.74) is 1.73. The molecule has 0 bridgehead atoms. The van der Waals surface area contributed by atoms with Crippen LogP contribution < -0.4 is 0 Å². The normalized spacial score (nSPS) is 11.2. The van der Waals surface area contributed by atoms with Crippen LogP contribution in [0.5, 0.6) is 0 Å². The highest BCUT2D eigenvalue weighted by atomic mass is 32.1. The summed E-state index contributed by atoms with van der Waals surface area (Å²) in [6, 6.07) is 10.8. The van der Waals surface area contributed by atoms with Crippen molar-refractivity contribution in [1.82, 2.24) is 14.9 Å². The highest BCUT2D eigenvalue weighted by molar-refractivity contribution is 7.71. The molecule has 1 heterocycles. The number of nitrogens with zero attached hydrogens (tertiary/aromatic N) is 4. The molecule has 0 saturated heterocycles. The van der Waals surface area contributed by atoms with E-state index in [-0.39, 0.29) is 10.5 Å². The molecular weight excluding hydrogens is 357 g/mol. The van der Waals surface area contributed by atoms with Gasteiger partial charge in [0.05, 0.1) is 11.1 Å². The molecule has 0 fully saturated rings. The third-order valence-electron chi connectivity index (χ3n) is 3.74. The fraction of sp³-hybridized carbons (Fsp3) is 0.118. The van der Waals surface area contributed by atoms with Crippen molar-refractivity contribution in [1.29, 1.82) is 0 Å². The standard InChI is InChI=1S/C17H14FN5O2S/c1-2-12-7-6-11(8-15(12)23(24)25)10-19-22-16(20-21-17(22)26)13-4-3-5-14(18)9-13/h3-10H,2H2,1H3,(H,21,26)/b19-10-. The molecule has 26 heavy (non-hydrogen) atoms. The van der Waals surface area contributed by atoms with Crippen LogP contribution in [0.25, 0.3) is 11.4 Å². The zero-order valence-corrected chi connectivity index (χ0v) is 14.5. The van der Waals surface area contributed by atoms with Crippen LogP contribution in [-0.4, -0.2) is 26.0 Å². The maximum atomic E-state index is 13.5. The number of benzene rings is 2. The van der Waals surface area contributed by atoms with Gasteiger partial charge in [-0.25, -0.2) is 9.49 Å². The number of aromatic nitrogens is 3. The summed E-state index contributed by atoms with van der Waals surface area (Å²) in [4.78, 5) is 10.8. The van der Waals surface area contributed by atoms with Crippen molar-refractivity contribution in [2.24, 2.45) is 5.10 Å². The van der Waals surface area contributed by atoms with Gasteiger partial charge >= 0.3 is 0 Å². The Labute approximate surface area is 153 Å². The summed E-state index contributed by atoms with van der Waals surface area (Å²) in [5, 5.41) is 22.1. The fourth-order valence-electron chi connectivity index (χ4n) is 2.47. The Bertz CT molecular complexity index is 1060. The van der Waals surface area contributed by atoms with Crippen LogP contribution in [0.1, 0.15) is 18.1 Å². The number of aryl methyl sites for hydroxylation is 1. The second kappa shape index (κ2) is 7.36. The number of rotatable bonds is 5. The third-order valence-corrected chi connectivity index (χ3v) is 4.01. The molecule has 132 valence electrons. The van der Waals surface area contributed by atoms with Gasteiger partial charge in [0.2, 0.25) is 4.77 Å². The molecule has 0 aliphatic rings. The molecule has 3 rings (SSSR count). The van der Waals surface area contributed by atoms with Crippen LogP contribution in [0.15, 0.2) is 47.6 Å². The molecule has 2 aromatic carbocycles. The summed E-state index contributed by atoms with van der Waals surface area (Å²) >= 11 is 5.16. The van der Waals surface area contributed by atoms with Gasteiger partial charge in [0.15, 0.2) is 5.82 Å². The lowest BCUT2D eigenvalue weighted by molar-refractivity contribution is -0.385. The zero-order chi connectivity index (χ0) is 18.7. The van der Waals surface area contributed by atoms with Gasteiger partial charge in [-0.1, -0.05) is 31.2 Å². The maximum Gasteiger partial charge on any atom is 0.273 e. The lowest BCUT2D eigenvalue weighted by Gasteiger charge is -2.02. The number of hydrogen-bond acceptors (Lipinski definition) is 5. The second-order valence-electron chi connectivity index (χ2n) is 5.42. The van der Waals surface area contributed by atoms with E-state index in [1.165, 1.54) is 29.1 Å². The largest absolute Gasteiger partial charge is 0.273 e. The summed E-state index contributed by atoms with van der Waals surface area (Å²) in [6.07, 6.45) is 2.00. The highest BCUT2D eigenvalue weighted by Gasteiger charge is 2.13. The van der Waals surface area contributed by atoms with Gasteiger partial charge in [-0.2, -0.15) is 14.9 Å². The van der Waals surface area contributed by atoms with Gasteiger partial charge < -0.3 is 0 Å². The first kappa shape index (κ1) is 17.6.